The molecule has 0 radical (unpaired) electrons. The highest BCUT2D eigenvalue weighted by Gasteiger charge is 2.31. The van der Waals surface area contributed by atoms with Crippen LogP contribution in [-0.4, -0.2) is 43.0 Å². The van der Waals surface area contributed by atoms with Crippen LogP contribution in [0, 0.1) is 0 Å². The van der Waals surface area contributed by atoms with Crippen molar-refractivity contribution in [2.75, 3.05) is 26.2 Å². The van der Waals surface area contributed by atoms with Gasteiger partial charge in [0, 0.05) is 32.2 Å². The van der Waals surface area contributed by atoms with E-state index in [1.165, 1.54) is 0 Å². The molecule has 0 unspecified atom stereocenters. The van der Waals surface area contributed by atoms with Gasteiger partial charge in [0.1, 0.15) is 0 Å². The third kappa shape index (κ3) is 4.05. The fraction of sp³-hybridized carbons (Fsp3) is 0.588. The van der Waals surface area contributed by atoms with Gasteiger partial charge in [0.15, 0.2) is 0 Å². The number of hydrogen-bond donors (Lipinski definition) is 2. The minimum absolute atomic E-state index is 0.117. The van der Waals surface area contributed by atoms with E-state index in [2.05, 4.69) is 10.2 Å². The van der Waals surface area contributed by atoms with Gasteiger partial charge in [-0.2, -0.15) is 0 Å². The van der Waals surface area contributed by atoms with Gasteiger partial charge < -0.3 is 16.0 Å². The topological polar surface area (TPSA) is 58.4 Å². The highest BCUT2D eigenvalue weighted by atomic mass is 16.2. The van der Waals surface area contributed by atoms with Gasteiger partial charge in [-0.05, 0) is 32.3 Å². The van der Waals surface area contributed by atoms with Gasteiger partial charge in [0.25, 0.3) is 0 Å². The average molecular weight is 289 g/mol. The zero-order valence-corrected chi connectivity index (χ0v) is 13.1. The number of likely N-dealkylation sites (tertiary alicyclic amines) is 1. The maximum absolute atomic E-state index is 12.6. The first-order chi connectivity index (χ1) is 10.0. The molecule has 4 nitrogen and oxygen atoms in total. The minimum Gasteiger partial charge on any atom is -0.353 e. The normalized spacial score (nSPS) is 17.7. The smallest absolute Gasteiger partial charge is 0.230 e. The van der Waals surface area contributed by atoms with Crippen LogP contribution in [0.25, 0.3) is 0 Å². The van der Waals surface area contributed by atoms with Crippen LogP contribution < -0.4 is 11.1 Å². The van der Waals surface area contributed by atoms with Crippen LogP contribution in [0.3, 0.4) is 0 Å². The standard InChI is InChI=1S/C17H27N3O/c1-17(2,14-6-4-3-5-7-14)16(21)19-15-8-11-20(12-9-15)13-10-18/h3-7,15H,8-13,18H2,1-2H3,(H,19,21). The molecule has 4 heteroatoms. The van der Waals surface area contributed by atoms with Gasteiger partial charge in [-0.1, -0.05) is 30.3 Å². The predicted octanol–water partition coefficient (Wildman–Crippen LogP) is 1.50. The Hall–Kier alpha value is -1.39. The zero-order valence-electron chi connectivity index (χ0n) is 13.1. The molecular weight excluding hydrogens is 262 g/mol. The van der Waals surface area contributed by atoms with Gasteiger partial charge in [0.2, 0.25) is 5.91 Å². The average Bonchev–Trinajstić information content (AvgIpc) is 2.50. The van der Waals surface area contributed by atoms with Crippen LogP contribution in [0.1, 0.15) is 32.3 Å². The largest absolute Gasteiger partial charge is 0.353 e. The summed E-state index contributed by atoms with van der Waals surface area (Å²) in [4.78, 5) is 15.0. The Morgan fingerprint density at radius 3 is 2.48 bits per heavy atom. The lowest BCUT2D eigenvalue weighted by Crippen LogP contribution is -2.50. The van der Waals surface area contributed by atoms with Crippen molar-refractivity contribution in [2.24, 2.45) is 5.73 Å². The van der Waals surface area contributed by atoms with Gasteiger partial charge >= 0.3 is 0 Å². The first-order valence-corrected chi connectivity index (χ1v) is 7.83. The second-order valence-electron chi connectivity index (χ2n) is 6.37. The van der Waals surface area contributed by atoms with Crippen molar-refractivity contribution < 1.29 is 4.79 Å². The van der Waals surface area contributed by atoms with Crippen LogP contribution in [0.15, 0.2) is 30.3 Å². The molecule has 1 aromatic rings. The SMILES string of the molecule is CC(C)(C(=O)NC1CCN(CCN)CC1)c1ccccc1. The zero-order chi connectivity index (χ0) is 15.3. The maximum Gasteiger partial charge on any atom is 0.230 e. The second kappa shape index (κ2) is 7.05. The number of hydrogen-bond acceptors (Lipinski definition) is 3. The fourth-order valence-electron chi connectivity index (χ4n) is 2.84. The van der Waals surface area contributed by atoms with E-state index in [1.54, 1.807) is 0 Å². The van der Waals surface area contributed by atoms with Crippen molar-refractivity contribution >= 4 is 5.91 Å². The number of rotatable bonds is 5. The van der Waals surface area contributed by atoms with Crippen LogP contribution in [-0.2, 0) is 10.2 Å². The summed E-state index contributed by atoms with van der Waals surface area (Å²) in [5, 5.41) is 3.22. The molecule has 1 aromatic carbocycles. The van der Waals surface area contributed by atoms with E-state index in [4.69, 9.17) is 5.73 Å². The molecular formula is C17H27N3O. The van der Waals surface area contributed by atoms with E-state index in [0.29, 0.717) is 6.54 Å². The molecule has 0 bridgehead atoms. The summed E-state index contributed by atoms with van der Waals surface area (Å²) >= 11 is 0. The first kappa shape index (κ1) is 16.0. The van der Waals surface area contributed by atoms with E-state index >= 15 is 0 Å². The van der Waals surface area contributed by atoms with E-state index in [0.717, 1.165) is 38.0 Å². The number of carbonyl (C=O) groups excluding carboxylic acids is 1. The van der Waals surface area contributed by atoms with Gasteiger partial charge in [-0.25, -0.2) is 0 Å². The van der Waals surface area contributed by atoms with Crippen molar-refractivity contribution in [3.63, 3.8) is 0 Å². The summed E-state index contributed by atoms with van der Waals surface area (Å²) in [5.41, 5.74) is 6.15. The molecule has 0 atom stereocenters. The number of piperidine rings is 1. The van der Waals surface area contributed by atoms with E-state index in [9.17, 15) is 4.79 Å². The quantitative estimate of drug-likeness (QED) is 0.864. The number of carbonyl (C=O) groups is 1. The molecule has 0 saturated carbocycles. The molecule has 1 aliphatic heterocycles. The van der Waals surface area contributed by atoms with Crippen molar-refractivity contribution in [2.45, 2.75) is 38.1 Å². The highest BCUT2D eigenvalue weighted by Crippen LogP contribution is 2.24. The first-order valence-electron chi connectivity index (χ1n) is 7.83. The molecule has 0 aliphatic carbocycles. The Kier molecular flexibility index (Phi) is 5.37. The van der Waals surface area contributed by atoms with Gasteiger partial charge in [-0.3, -0.25) is 4.79 Å². The Bertz CT molecular complexity index is 450. The monoisotopic (exact) mass is 289 g/mol. The van der Waals surface area contributed by atoms with Gasteiger partial charge in [-0.15, -0.1) is 0 Å². The molecule has 0 aromatic heterocycles. The summed E-state index contributed by atoms with van der Waals surface area (Å²) < 4.78 is 0. The number of amides is 1. The second-order valence-corrected chi connectivity index (χ2v) is 6.37. The Labute approximate surface area is 127 Å². The molecule has 1 saturated heterocycles. The number of nitrogens with one attached hydrogen (secondary N) is 1. The lowest BCUT2D eigenvalue weighted by Gasteiger charge is -2.34. The van der Waals surface area contributed by atoms with Crippen LogP contribution >= 0.6 is 0 Å². The maximum atomic E-state index is 12.6. The molecule has 1 fully saturated rings. The van der Waals surface area contributed by atoms with E-state index < -0.39 is 5.41 Å². The van der Waals surface area contributed by atoms with Gasteiger partial charge in [0.05, 0.1) is 5.41 Å². The minimum atomic E-state index is -0.490. The van der Waals surface area contributed by atoms with Crippen LogP contribution in [0.5, 0.6) is 0 Å². The van der Waals surface area contributed by atoms with Crippen molar-refractivity contribution in [3.8, 4) is 0 Å². The summed E-state index contributed by atoms with van der Waals surface area (Å²) in [6.07, 6.45) is 2.02. The van der Waals surface area contributed by atoms with E-state index in [-0.39, 0.29) is 11.9 Å². The molecule has 1 heterocycles. The third-order valence-electron chi connectivity index (χ3n) is 4.43. The lowest BCUT2D eigenvalue weighted by atomic mass is 9.83. The molecule has 116 valence electrons. The Balaban J connectivity index is 1.90. The molecule has 1 aliphatic rings. The van der Waals surface area contributed by atoms with Crippen molar-refractivity contribution in [3.05, 3.63) is 35.9 Å². The molecule has 0 spiro atoms. The third-order valence-corrected chi connectivity index (χ3v) is 4.43. The molecule has 2 rings (SSSR count). The highest BCUT2D eigenvalue weighted by molar-refractivity contribution is 5.87. The molecule has 21 heavy (non-hydrogen) atoms. The van der Waals surface area contributed by atoms with Crippen LogP contribution in [0.2, 0.25) is 0 Å². The molecule has 3 N–H and O–H groups in total. The number of nitrogens with zero attached hydrogens (tertiary/aromatic N) is 1. The summed E-state index contributed by atoms with van der Waals surface area (Å²) in [7, 11) is 0. The summed E-state index contributed by atoms with van der Waals surface area (Å²) in [6.45, 7) is 7.68. The van der Waals surface area contributed by atoms with Crippen LogP contribution in [0.4, 0.5) is 0 Å². The van der Waals surface area contributed by atoms with E-state index in [1.807, 2.05) is 44.2 Å². The number of nitrogens with two attached hydrogens (primary N) is 1. The summed E-state index contributed by atoms with van der Waals surface area (Å²) in [6, 6.07) is 10.3. The Morgan fingerprint density at radius 1 is 1.29 bits per heavy atom. The van der Waals surface area contributed by atoms with Crippen molar-refractivity contribution in [1.29, 1.82) is 0 Å². The van der Waals surface area contributed by atoms with Crippen molar-refractivity contribution in [1.82, 2.24) is 10.2 Å². The summed E-state index contributed by atoms with van der Waals surface area (Å²) in [5.74, 6) is 0.117. The Morgan fingerprint density at radius 2 is 1.90 bits per heavy atom. The predicted molar refractivity (Wildman–Crippen MR) is 86.1 cm³/mol. The number of benzene rings is 1. The fourth-order valence-corrected chi connectivity index (χ4v) is 2.84. The lowest BCUT2D eigenvalue weighted by molar-refractivity contribution is -0.126. The molecule has 1 amide bonds.